The molecule has 0 unspecified atom stereocenters. The van der Waals surface area contributed by atoms with Gasteiger partial charge in [-0.15, -0.1) is 0 Å². The number of nitrogens with zero attached hydrogens (tertiary/aromatic N) is 1. The van der Waals surface area contributed by atoms with Crippen LogP contribution in [0.15, 0.2) is 78.9 Å². The van der Waals surface area contributed by atoms with Crippen LogP contribution in [0.5, 0.6) is 0 Å². The Balaban J connectivity index is 1.57. The predicted octanol–water partition coefficient (Wildman–Crippen LogP) is 6.35. The van der Waals surface area contributed by atoms with Crippen molar-refractivity contribution in [2.75, 3.05) is 5.32 Å². The highest BCUT2D eigenvalue weighted by Gasteiger charge is 2.12. The fraction of sp³-hybridized carbons (Fsp3) is 0.160. The number of carbonyl (C=O) groups is 1. The van der Waals surface area contributed by atoms with E-state index in [4.69, 9.17) is 11.6 Å². The maximum Gasteiger partial charge on any atom is 0.257 e. The van der Waals surface area contributed by atoms with Gasteiger partial charge in [-0.3, -0.25) is 4.79 Å². The minimum atomic E-state index is -0.200. The monoisotopic (exact) mass is 402 g/mol. The average Bonchev–Trinajstić information content (AvgIpc) is 3.10. The van der Waals surface area contributed by atoms with Gasteiger partial charge in [0.25, 0.3) is 5.91 Å². The third-order valence-electron chi connectivity index (χ3n) is 5.19. The lowest BCUT2D eigenvalue weighted by molar-refractivity contribution is 0.102. The van der Waals surface area contributed by atoms with Crippen LogP contribution in [-0.2, 0) is 19.4 Å². The Hall–Kier alpha value is -3.04. The molecule has 1 N–H and O–H groups in total. The molecule has 0 atom stereocenters. The molecule has 4 aromatic rings. The van der Waals surface area contributed by atoms with Crippen LogP contribution in [0, 0.1) is 0 Å². The van der Waals surface area contributed by atoms with Crippen LogP contribution in [0.1, 0.15) is 28.5 Å². The minimum Gasteiger partial charge on any atom is -0.345 e. The highest BCUT2D eigenvalue weighted by atomic mass is 35.5. The molecule has 1 aromatic heterocycles. The van der Waals surface area contributed by atoms with Crippen molar-refractivity contribution in [2.45, 2.75) is 26.3 Å². The number of hydrogen-bond donors (Lipinski definition) is 1. The van der Waals surface area contributed by atoms with Gasteiger partial charge in [0.05, 0.1) is 10.6 Å². The fourth-order valence-electron chi connectivity index (χ4n) is 3.75. The third-order valence-corrected chi connectivity index (χ3v) is 5.52. The predicted molar refractivity (Wildman–Crippen MR) is 121 cm³/mol. The number of aryl methyl sites for hydroxylation is 3. The van der Waals surface area contributed by atoms with Gasteiger partial charge in [-0.1, -0.05) is 54.1 Å². The molecule has 29 heavy (non-hydrogen) atoms. The highest BCUT2D eigenvalue weighted by Crippen LogP contribution is 2.25. The van der Waals surface area contributed by atoms with Crippen molar-refractivity contribution in [3.8, 4) is 0 Å². The summed E-state index contributed by atoms with van der Waals surface area (Å²) in [5, 5.41) is 4.54. The van der Waals surface area contributed by atoms with Gasteiger partial charge in [-0.2, -0.15) is 0 Å². The van der Waals surface area contributed by atoms with Crippen LogP contribution in [-0.4, -0.2) is 10.5 Å². The molecule has 4 heteroatoms. The number of fused-ring (bicyclic) bond motifs is 1. The Labute approximate surface area is 175 Å². The van der Waals surface area contributed by atoms with E-state index in [9.17, 15) is 4.79 Å². The number of rotatable bonds is 6. The van der Waals surface area contributed by atoms with E-state index >= 15 is 0 Å². The molecule has 0 saturated heterocycles. The zero-order chi connectivity index (χ0) is 20.2. The number of carbonyl (C=O) groups excluding carboxylic acids is 1. The molecule has 0 fully saturated rings. The van der Waals surface area contributed by atoms with E-state index in [0.717, 1.165) is 30.5 Å². The van der Waals surface area contributed by atoms with Crippen LogP contribution in [0.3, 0.4) is 0 Å². The summed E-state index contributed by atoms with van der Waals surface area (Å²) in [5.74, 6) is -0.200. The normalized spacial score (nSPS) is 11.0. The van der Waals surface area contributed by atoms with Crippen LogP contribution in [0.25, 0.3) is 10.9 Å². The first kappa shape index (κ1) is 19.3. The summed E-state index contributed by atoms with van der Waals surface area (Å²) in [7, 11) is 0. The molecule has 146 valence electrons. The summed E-state index contributed by atoms with van der Waals surface area (Å²) < 4.78 is 2.35. The number of halogens is 1. The van der Waals surface area contributed by atoms with Gasteiger partial charge < -0.3 is 9.88 Å². The number of aromatic nitrogens is 1. The smallest absolute Gasteiger partial charge is 0.257 e. The lowest BCUT2D eigenvalue weighted by atomic mass is 10.1. The standard InChI is InChI=1S/C25H23ClN2O/c1-2-28-21(14-12-18-8-4-3-5-9-18)17-19-16-20(13-15-24(19)28)27-25(29)22-10-6-7-11-23(22)26/h3-11,13,15-17H,2,12,14H2,1H3,(H,27,29). The van der Waals surface area contributed by atoms with Gasteiger partial charge in [0.2, 0.25) is 0 Å². The van der Waals surface area contributed by atoms with Crippen LogP contribution >= 0.6 is 11.6 Å². The van der Waals surface area contributed by atoms with E-state index in [2.05, 4.69) is 53.2 Å². The third kappa shape index (κ3) is 4.20. The van der Waals surface area contributed by atoms with E-state index in [1.807, 2.05) is 30.3 Å². The molecule has 0 spiro atoms. The lowest BCUT2D eigenvalue weighted by Gasteiger charge is -2.09. The van der Waals surface area contributed by atoms with Gasteiger partial charge in [-0.05, 0) is 61.7 Å². The van der Waals surface area contributed by atoms with E-state index in [1.165, 1.54) is 16.8 Å². The second kappa shape index (κ2) is 8.54. The molecular formula is C25H23ClN2O. The molecule has 0 aliphatic carbocycles. The topological polar surface area (TPSA) is 34.0 Å². The van der Waals surface area contributed by atoms with E-state index < -0.39 is 0 Å². The molecule has 0 radical (unpaired) electrons. The Bertz CT molecular complexity index is 1150. The number of benzene rings is 3. The molecule has 0 saturated carbocycles. The highest BCUT2D eigenvalue weighted by molar-refractivity contribution is 6.34. The summed E-state index contributed by atoms with van der Waals surface area (Å²) in [6.07, 6.45) is 1.99. The number of amides is 1. The van der Waals surface area contributed by atoms with Crippen LogP contribution < -0.4 is 5.32 Å². The molecule has 3 nitrogen and oxygen atoms in total. The number of anilines is 1. The molecule has 1 amide bonds. The van der Waals surface area contributed by atoms with Gasteiger partial charge >= 0.3 is 0 Å². The molecule has 3 aromatic carbocycles. The number of hydrogen-bond acceptors (Lipinski definition) is 1. The van der Waals surface area contributed by atoms with Crippen molar-refractivity contribution in [2.24, 2.45) is 0 Å². The van der Waals surface area contributed by atoms with E-state index in [1.54, 1.807) is 12.1 Å². The van der Waals surface area contributed by atoms with Crippen molar-refractivity contribution < 1.29 is 4.79 Å². The first-order valence-corrected chi connectivity index (χ1v) is 10.3. The molecule has 0 bridgehead atoms. The molecule has 4 rings (SSSR count). The average molecular weight is 403 g/mol. The summed E-state index contributed by atoms with van der Waals surface area (Å²) in [6, 6.07) is 25.9. The summed E-state index contributed by atoms with van der Waals surface area (Å²) in [4.78, 5) is 12.6. The minimum absolute atomic E-state index is 0.200. The fourth-order valence-corrected chi connectivity index (χ4v) is 3.97. The van der Waals surface area contributed by atoms with Crippen molar-refractivity contribution in [3.05, 3.63) is 101 Å². The van der Waals surface area contributed by atoms with Gasteiger partial charge in [0.1, 0.15) is 0 Å². The summed E-state index contributed by atoms with van der Waals surface area (Å²) in [6.45, 7) is 3.08. The van der Waals surface area contributed by atoms with Gasteiger partial charge in [-0.25, -0.2) is 0 Å². The van der Waals surface area contributed by atoms with Crippen molar-refractivity contribution in [1.29, 1.82) is 0 Å². The Morgan fingerprint density at radius 1 is 0.931 bits per heavy atom. The first-order chi connectivity index (χ1) is 14.2. The van der Waals surface area contributed by atoms with Crippen molar-refractivity contribution >= 4 is 34.1 Å². The maximum absolute atomic E-state index is 12.6. The molecule has 1 heterocycles. The summed E-state index contributed by atoms with van der Waals surface area (Å²) >= 11 is 6.14. The Morgan fingerprint density at radius 2 is 1.69 bits per heavy atom. The zero-order valence-corrected chi connectivity index (χ0v) is 17.1. The SMILES string of the molecule is CCn1c(CCc2ccccc2)cc2cc(NC(=O)c3ccccc3Cl)ccc21. The lowest BCUT2D eigenvalue weighted by Crippen LogP contribution is -2.12. The van der Waals surface area contributed by atoms with Crippen molar-refractivity contribution in [3.63, 3.8) is 0 Å². The van der Waals surface area contributed by atoms with Crippen LogP contribution in [0.2, 0.25) is 5.02 Å². The first-order valence-electron chi connectivity index (χ1n) is 9.87. The second-order valence-corrected chi connectivity index (χ2v) is 7.48. The van der Waals surface area contributed by atoms with Gasteiger partial charge in [0.15, 0.2) is 0 Å². The molecular weight excluding hydrogens is 380 g/mol. The van der Waals surface area contributed by atoms with E-state index in [-0.39, 0.29) is 5.91 Å². The van der Waals surface area contributed by atoms with E-state index in [0.29, 0.717) is 10.6 Å². The maximum atomic E-state index is 12.6. The Morgan fingerprint density at radius 3 is 2.45 bits per heavy atom. The van der Waals surface area contributed by atoms with Crippen molar-refractivity contribution in [1.82, 2.24) is 4.57 Å². The van der Waals surface area contributed by atoms with Crippen LogP contribution in [0.4, 0.5) is 5.69 Å². The molecule has 0 aliphatic rings. The zero-order valence-electron chi connectivity index (χ0n) is 16.4. The Kier molecular flexibility index (Phi) is 5.68. The largest absolute Gasteiger partial charge is 0.345 e. The quantitative estimate of drug-likeness (QED) is 0.400. The number of nitrogens with one attached hydrogen (secondary N) is 1. The summed E-state index contributed by atoms with van der Waals surface area (Å²) in [5.41, 5.74) is 5.08. The second-order valence-electron chi connectivity index (χ2n) is 7.07. The van der Waals surface area contributed by atoms with Gasteiger partial charge in [0, 0.05) is 28.8 Å². The molecule has 0 aliphatic heterocycles.